The number of pyridine rings is 1. The van der Waals surface area contributed by atoms with Crippen molar-refractivity contribution in [1.82, 2.24) is 19.2 Å². The maximum Gasteiger partial charge on any atom is 0.409 e. The second-order valence-corrected chi connectivity index (χ2v) is 13.0. The van der Waals surface area contributed by atoms with Crippen LogP contribution in [-0.4, -0.2) is 78.6 Å². The number of thioether (sulfide) groups is 1. The molecule has 4 aromatic rings. The van der Waals surface area contributed by atoms with Gasteiger partial charge in [-0.3, -0.25) is 14.7 Å². The fourth-order valence-electron chi connectivity index (χ4n) is 4.49. The van der Waals surface area contributed by atoms with E-state index in [0.717, 1.165) is 20.7 Å². The van der Waals surface area contributed by atoms with Crippen molar-refractivity contribution in [2.24, 2.45) is 0 Å². The number of carbonyl (C=O) groups is 2. The Labute approximate surface area is 247 Å². The molecule has 41 heavy (non-hydrogen) atoms. The zero-order valence-corrected chi connectivity index (χ0v) is 25.0. The Kier molecular flexibility index (Phi) is 8.88. The van der Waals surface area contributed by atoms with Gasteiger partial charge in [0.25, 0.3) is 5.91 Å². The van der Waals surface area contributed by atoms with Crippen LogP contribution in [0.2, 0.25) is 0 Å². The molecule has 0 spiro atoms. The first-order valence-electron chi connectivity index (χ1n) is 13.0. The minimum absolute atomic E-state index is 0.0852. The van der Waals surface area contributed by atoms with Gasteiger partial charge < -0.3 is 9.64 Å². The third kappa shape index (κ3) is 6.22. The lowest BCUT2D eigenvalue weighted by Crippen LogP contribution is -2.50. The third-order valence-corrected chi connectivity index (χ3v) is 10.4. The van der Waals surface area contributed by atoms with Crippen molar-refractivity contribution in [2.75, 3.05) is 43.9 Å². The van der Waals surface area contributed by atoms with Gasteiger partial charge in [-0.1, -0.05) is 23.5 Å². The van der Waals surface area contributed by atoms with Crippen LogP contribution in [0.4, 0.5) is 9.93 Å². The van der Waals surface area contributed by atoms with E-state index in [9.17, 15) is 18.0 Å². The molecule has 2 amide bonds. The highest BCUT2D eigenvalue weighted by molar-refractivity contribution is 7.98. The first-order chi connectivity index (χ1) is 19.8. The van der Waals surface area contributed by atoms with Crippen LogP contribution in [0.3, 0.4) is 0 Å². The third-order valence-electron chi connectivity index (χ3n) is 6.63. The monoisotopic (exact) mass is 611 g/mol. The van der Waals surface area contributed by atoms with Crippen LogP contribution in [0.5, 0.6) is 0 Å². The molecule has 1 saturated heterocycles. The summed E-state index contributed by atoms with van der Waals surface area (Å²) in [5.41, 5.74) is 2.02. The number of benzene rings is 2. The van der Waals surface area contributed by atoms with Crippen LogP contribution in [0.15, 0.2) is 76.8 Å². The highest BCUT2D eigenvalue weighted by Crippen LogP contribution is 2.35. The van der Waals surface area contributed by atoms with Gasteiger partial charge in [-0.05, 0) is 61.2 Å². The zero-order chi connectivity index (χ0) is 29.0. The lowest BCUT2D eigenvalue weighted by atomic mass is 10.2. The molecule has 5 rings (SSSR count). The van der Waals surface area contributed by atoms with Crippen molar-refractivity contribution < 1.29 is 22.7 Å². The second-order valence-electron chi connectivity index (χ2n) is 9.17. The van der Waals surface area contributed by atoms with Gasteiger partial charge in [0.2, 0.25) is 10.0 Å². The number of piperazine rings is 1. The summed E-state index contributed by atoms with van der Waals surface area (Å²) in [5.74, 6) is -0.300. The Bertz CT molecular complexity index is 1640. The van der Waals surface area contributed by atoms with Gasteiger partial charge >= 0.3 is 6.09 Å². The molecule has 2 aromatic heterocycles. The summed E-state index contributed by atoms with van der Waals surface area (Å²) in [6.45, 7) is 3.07. The number of para-hydroxylation sites is 1. The number of ether oxygens (including phenoxy) is 1. The van der Waals surface area contributed by atoms with E-state index in [1.54, 1.807) is 36.0 Å². The number of rotatable bonds is 8. The summed E-state index contributed by atoms with van der Waals surface area (Å²) >= 11 is 3.02. The first kappa shape index (κ1) is 29.0. The Morgan fingerprint density at radius 2 is 1.80 bits per heavy atom. The number of nitrogens with zero attached hydrogens (tertiary/aromatic N) is 5. The average Bonchev–Trinajstić information content (AvgIpc) is 3.45. The SMILES string of the molecule is CCOC(=O)N1CCN(S(=O)(=O)c2ccc(C(=O)N(Cc3cccnc3)c3nc4c(SC)cccc4s3)cc2)CC1. The summed E-state index contributed by atoms with van der Waals surface area (Å²) in [6, 6.07) is 15.6. The molecule has 2 aromatic carbocycles. The fourth-order valence-corrected chi connectivity index (χ4v) is 7.53. The molecule has 0 saturated carbocycles. The molecule has 1 aliphatic rings. The molecule has 1 fully saturated rings. The number of hydrogen-bond acceptors (Lipinski definition) is 9. The molecule has 1 aliphatic heterocycles. The van der Waals surface area contributed by atoms with E-state index < -0.39 is 16.1 Å². The standard InChI is InChI=1S/C28H29N5O5S3/c1-3-38-28(35)31-14-16-32(17-15-31)41(36,37)22-11-9-21(10-12-22)26(34)33(19-20-6-5-13-29-18-20)27-30-25-23(39-2)7-4-8-24(25)40-27/h4-13,18H,3,14-17,19H2,1-2H3. The molecule has 13 heteroatoms. The van der Waals surface area contributed by atoms with Gasteiger partial charge in [0.15, 0.2) is 5.13 Å². The van der Waals surface area contributed by atoms with Crippen molar-refractivity contribution in [3.63, 3.8) is 0 Å². The van der Waals surface area contributed by atoms with Crippen LogP contribution in [0.25, 0.3) is 10.2 Å². The van der Waals surface area contributed by atoms with Gasteiger partial charge in [-0.25, -0.2) is 18.2 Å². The van der Waals surface area contributed by atoms with Crippen LogP contribution in [-0.2, 0) is 21.3 Å². The lowest BCUT2D eigenvalue weighted by Gasteiger charge is -2.33. The Hall–Kier alpha value is -3.52. The van der Waals surface area contributed by atoms with E-state index in [2.05, 4.69) is 4.98 Å². The molecular weight excluding hydrogens is 583 g/mol. The fraction of sp³-hybridized carbons (Fsp3) is 0.286. The van der Waals surface area contributed by atoms with Gasteiger partial charge in [-0.2, -0.15) is 4.31 Å². The van der Waals surface area contributed by atoms with Crippen molar-refractivity contribution in [3.8, 4) is 0 Å². The lowest BCUT2D eigenvalue weighted by molar-refractivity contribution is 0.0933. The normalized spacial score (nSPS) is 14.2. The molecule has 3 heterocycles. The number of hydrogen-bond donors (Lipinski definition) is 0. The molecule has 0 unspecified atom stereocenters. The average molecular weight is 612 g/mol. The maximum absolute atomic E-state index is 13.9. The van der Waals surface area contributed by atoms with Crippen molar-refractivity contribution in [1.29, 1.82) is 0 Å². The Morgan fingerprint density at radius 1 is 1.05 bits per heavy atom. The van der Waals surface area contributed by atoms with E-state index >= 15 is 0 Å². The largest absolute Gasteiger partial charge is 0.450 e. The summed E-state index contributed by atoms with van der Waals surface area (Å²) in [7, 11) is -3.80. The first-order valence-corrected chi connectivity index (χ1v) is 16.5. The summed E-state index contributed by atoms with van der Waals surface area (Å²) in [5, 5.41) is 0.548. The summed E-state index contributed by atoms with van der Waals surface area (Å²) < 4.78 is 33.9. The zero-order valence-electron chi connectivity index (χ0n) is 22.6. The van der Waals surface area contributed by atoms with E-state index in [4.69, 9.17) is 9.72 Å². The maximum atomic E-state index is 13.9. The quantitative estimate of drug-likeness (QED) is 0.263. The number of fused-ring (bicyclic) bond motifs is 1. The highest BCUT2D eigenvalue weighted by Gasteiger charge is 2.31. The van der Waals surface area contributed by atoms with E-state index in [1.807, 2.05) is 36.6 Å². The number of thiazole rings is 1. The predicted octanol–water partition coefficient (Wildman–Crippen LogP) is 4.72. The molecule has 0 N–H and O–H groups in total. The van der Waals surface area contributed by atoms with Crippen LogP contribution >= 0.6 is 23.1 Å². The van der Waals surface area contributed by atoms with E-state index in [1.165, 1.54) is 44.8 Å². The van der Waals surface area contributed by atoms with Crippen LogP contribution in [0.1, 0.15) is 22.8 Å². The topological polar surface area (TPSA) is 113 Å². The number of sulfonamides is 1. The molecule has 0 radical (unpaired) electrons. The molecule has 0 bridgehead atoms. The Morgan fingerprint density at radius 3 is 2.46 bits per heavy atom. The number of aromatic nitrogens is 2. The van der Waals surface area contributed by atoms with Crippen LogP contribution < -0.4 is 4.90 Å². The van der Waals surface area contributed by atoms with Gasteiger partial charge in [-0.15, -0.1) is 11.8 Å². The van der Waals surface area contributed by atoms with Crippen LogP contribution in [0, 0.1) is 0 Å². The molecule has 10 nitrogen and oxygen atoms in total. The van der Waals surface area contributed by atoms with Crippen molar-refractivity contribution in [3.05, 3.63) is 78.1 Å². The van der Waals surface area contributed by atoms with Crippen molar-refractivity contribution in [2.45, 2.75) is 23.3 Å². The number of carbonyl (C=O) groups excluding carboxylic acids is 2. The van der Waals surface area contributed by atoms with Gasteiger partial charge in [0.1, 0.15) is 0 Å². The predicted molar refractivity (Wildman–Crippen MR) is 160 cm³/mol. The molecule has 214 valence electrons. The van der Waals surface area contributed by atoms with E-state index in [0.29, 0.717) is 10.7 Å². The van der Waals surface area contributed by atoms with Gasteiger partial charge in [0.05, 0.1) is 28.3 Å². The van der Waals surface area contributed by atoms with E-state index in [-0.39, 0.29) is 50.1 Å². The van der Waals surface area contributed by atoms with Crippen molar-refractivity contribution >= 4 is 60.5 Å². The Balaban J connectivity index is 1.39. The number of anilines is 1. The smallest absolute Gasteiger partial charge is 0.409 e. The summed E-state index contributed by atoms with van der Waals surface area (Å²) in [6.07, 6.45) is 4.93. The van der Waals surface area contributed by atoms with Gasteiger partial charge in [0, 0.05) is 49.0 Å². The number of amides is 2. The minimum atomic E-state index is -3.80. The molecular formula is C28H29N5O5S3. The molecule has 0 atom stereocenters. The highest BCUT2D eigenvalue weighted by atomic mass is 32.2. The minimum Gasteiger partial charge on any atom is -0.450 e. The summed E-state index contributed by atoms with van der Waals surface area (Å²) in [4.78, 5) is 39.0. The second kappa shape index (κ2) is 12.6. The molecule has 0 aliphatic carbocycles.